The maximum absolute atomic E-state index is 13.2. The summed E-state index contributed by atoms with van der Waals surface area (Å²) in [6, 6.07) is 11.7. The van der Waals surface area contributed by atoms with E-state index in [1.54, 1.807) is 32.2 Å². The third-order valence-electron chi connectivity index (χ3n) is 7.01. The van der Waals surface area contributed by atoms with Crippen LogP contribution in [-0.2, 0) is 5.60 Å². The number of amides is 1. The molecule has 2 bridgehead atoms. The van der Waals surface area contributed by atoms with Crippen LogP contribution in [0.1, 0.15) is 65.4 Å². The van der Waals surface area contributed by atoms with E-state index in [4.69, 9.17) is 9.72 Å². The highest BCUT2D eigenvalue weighted by atomic mass is 19.3. The predicted octanol–water partition coefficient (Wildman–Crippen LogP) is 5.01. The lowest BCUT2D eigenvalue weighted by molar-refractivity contribution is -0.0507. The zero-order valence-corrected chi connectivity index (χ0v) is 19.9. The van der Waals surface area contributed by atoms with Crippen LogP contribution < -0.4 is 10.1 Å². The summed E-state index contributed by atoms with van der Waals surface area (Å²) in [5, 5.41) is 13.3. The zero-order chi connectivity index (χ0) is 25.4. The Hall–Kier alpha value is -3.85. The number of carbonyl (C=O) groups excluding carboxylic acids is 1. The molecule has 4 heterocycles. The molecule has 6 rings (SSSR count). The van der Waals surface area contributed by atoms with E-state index < -0.39 is 18.3 Å². The molecule has 1 amide bonds. The molecule has 2 aliphatic rings. The van der Waals surface area contributed by atoms with Gasteiger partial charge in [0.05, 0.1) is 28.8 Å². The quantitative estimate of drug-likeness (QED) is 0.420. The largest absolute Gasteiger partial charge is 0.434 e. The topological polar surface area (TPSA) is 89.3 Å². The lowest BCUT2D eigenvalue weighted by Gasteiger charge is -2.21. The highest BCUT2D eigenvalue weighted by molar-refractivity contribution is 5.98. The summed E-state index contributed by atoms with van der Waals surface area (Å²) < 4.78 is 33.3. The Morgan fingerprint density at radius 2 is 2.00 bits per heavy atom. The fourth-order valence-corrected chi connectivity index (χ4v) is 5.37. The van der Waals surface area contributed by atoms with Gasteiger partial charge >= 0.3 is 6.61 Å². The van der Waals surface area contributed by atoms with E-state index in [0.29, 0.717) is 29.1 Å². The van der Waals surface area contributed by atoms with Crippen molar-refractivity contribution in [2.24, 2.45) is 0 Å². The van der Waals surface area contributed by atoms with Gasteiger partial charge < -0.3 is 19.7 Å². The van der Waals surface area contributed by atoms with Gasteiger partial charge in [-0.25, -0.2) is 4.98 Å². The number of aliphatic hydroxyl groups is 1. The van der Waals surface area contributed by atoms with E-state index in [2.05, 4.69) is 10.3 Å². The second-order valence-electron chi connectivity index (χ2n) is 9.86. The minimum Gasteiger partial charge on any atom is -0.434 e. The first-order valence-corrected chi connectivity index (χ1v) is 11.7. The molecule has 0 saturated carbocycles. The van der Waals surface area contributed by atoms with Gasteiger partial charge in [0.25, 0.3) is 5.91 Å². The monoisotopic (exact) mass is 490 g/mol. The minimum atomic E-state index is -3.01. The summed E-state index contributed by atoms with van der Waals surface area (Å²) >= 11 is 0. The van der Waals surface area contributed by atoms with Crippen molar-refractivity contribution in [1.29, 1.82) is 0 Å². The van der Waals surface area contributed by atoms with Crippen molar-refractivity contribution >= 4 is 16.9 Å². The van der Waals surface area contributed by atoms with E-state index >= 15 is 0 Å². The summed E-state index contributed by atoms with van der Waals surface area (Å²) in [5.74, 6) is 0.353. The molecule has 2 atom stereocenters. The third-order valence-corrected chi connectivity index (χ3v) is 7.01. The van der Waals surface area contributed by atoms with Gasteiger partial charge in [-0.3, -0.25) is 9.78 Å². The van der Waals surface area contributed by atoms with Gasteiger partial charge in [0.2, 0.25) is 0 Å². The Kier molecular flexibility index (Phi) is 4.91. The number of hydrogen-bond acceptors (Lipinski definition) is 5. The number of nitrogens with zero attached hydrogens (tertiary/aromatic N) is 3. The summed E-state index contributed by atoms with van der Waals surface area (Å²) in [7, 11) is 0. The van der Waals surface area contributed by atoms with Crippen LogP contribution in [0.4, 0.5) is 8.78 Å². The van der Waals surface area contributed by atoms with Crippen LogP contribution in [0.2, 0.25) is 0 Å². The molecule has 0 radical (unpaired) electrons. The second kappa shape index (κ2) is 7.83. The van der Waals surface area contributed by atoms with Crippen molar-refractivity contribution in [3.05, 3.63) is 76.9 Å². The number of benzene rings is 2. The summed E-state index contributed by atoms with van der Waals surface area (Å²) in [6.45, 7) is 2.35. The van der Waals surface area contributed by atoms with Gasteiger partial charge in [-0.2, -0.15) is 8.78 Å². The Morgan fingerprint density at radius 3 is 2.72 bits per heavy atom. The Morgan fingerprint density at radius 1 is 1.19 bits per heavy atom. The Bertz CT molecular complexity index is 1540. The molecule has 36 heavy (non-hydrogen) atoms. The van der Waals surface area contributed by atoms with Crippen molar-refractivity contribution in [2.75, 3.05) is 0 Å². The molecule has 2 aromatic heterocycles. The third kappa shape index (κ3) is 3.45. The van der Waals surface area contributed by atoms with Crippen molar-refractivity contribution in [3.8, 4) is 16.9 Å². The maximum atomic E-state index is 13.2. The second-order valence-corrected chi connectivity index (χ2v) is 9.86. The van der Waals surface area contributed by atoms with Crippen LogP contribution in [0, 0.1) is 6.92 Å². The van der Waals surface area contributed by atoms with E-state index in [1.165, 1.54) is 6.07 Å². The number of pyridine rings is 1. The van der Waals surface area contributed by atoms with Crippen molar-refractivity contribution < 1.29 is 23.4 Å². The fourth-order valence-electron chi connectivity index (χ4n) is 5.37. The molecule has 0 aliphatic carbocycles. The number of nitrogens with one attached hydrogen (secondary N) is 1. The molecule has 184 valence electrons. The zero-order valence-electron chi connectivity index (χ0n) is 19.9. The van der Waals surface area contributed by atoms with E-state index in [9.17, 15) is 18.7 Å². The van der Waals surface area contributed by atoms with Crippen LogP contribution in [0.5, 0.6) is 5.75 Å². The van der Waals surface area contributed by atoms with Gasteiger partial charge in [-0.1, -0.05) is 12.1 Å². The number of aromatic nitrogens is 3. The molecule has 0 saturated heterocycles. The molecule has 2 aromatic carbocycles. The molecule has 7 nitrogen and oxygen atoms in total. The van der Waals surface area contributed by atoms with Gasteiger partial charge in [0.1, 0.15) is 17.2 Å². The van der Waals surface area contributed by atoms with Crippen molar-refractivity contribution in [2.45, 2.75) is 51.5 Å². The van der Waals surface area contributed by atoms with Gasteiger partial charge in [0, 0.05) is 22.9 Å². The number of carbonyl (C=O) groups is 1. The maximum Gasteiger partial charge on any atom is 0.387 e. The average molecular weight is 491 g/mol. The van der Waals surface area contributed by atoms with Crippen LogP contribution in [0.15, 0.2) is 48.7 Å². The summed E-state index contributed by atoms with van der Waals surface area (Å²) in [5.41, 5.74) is 4.66. The van der Waals surface area contributed by atoms with E-state index in [1.807, 2.05) is 35.8 Å². The molecule has 0 spiro atoms. The Labute approximate surface area is 205 Å². The number of hydrogen-bond donors (Lipinski definition) is 2. The predicted molar refractivity (Wildman–Crippen MR) is 129 cm³/mol. The van der Waals surface area contributed by atoms with Crippen LogP contribution >= 0.6 is 0 Å². The molecule has 2 aliphatic heterocycles. The first-order chi connectivity index (χ1) is 17.1. The number of fused-ring (bicyclic) bond motifs is 9. The van der Waals surface area contributed by atoms with Crippen LogP contribution in [0.3, 0.4) is 0 Å². The SMILES string of the molecule is Cc1cc(C(C)(C)O)ncc1-c1ccc2nc3n(c2c1)[C@@H]1C[C@H]3NC(=O)c2cccc(OC(F)F)c21. The van der Waals surface area contributed by atoms with Crippen LogP contribution in [0.25, 0.3) is 22.2 Å². The highest BCUT2D eigenvalue weighted by Gasteiger charge is 2.42. The number of ether oxygens (including phenoxy) is 1. The molecular weight excluding hydrogens is 466 g/mol. The number of aryl methyl sites for hydroxylation is 1. The van der Waals surface area contributed by atoms with Gasteiger partial charge in [-0.15, -0.1) is 0 Å². The van der Waals surface area contributed by atoms with Crippen molar-refractivity contribution in [3.63, 3.8) is 0 Å². The summed E-state index contributed by atoms with van der Waals surface area (Å²) in [6.07, 6.45) is 2.24. The number of rotatable bonds is 4. The molecule has 4 aromatic rings. The van der Waals surface area contributed by atoms with Gasteiger partial charge in [0.15, 0.2) is 0 Å². The van der Waals surface area contributed by atoms with Crippen LogP contribution in [-0.4, -0.2) is 32.2 Å². The lowest BCUT2D eigenvalue weighted by Crippen LogP contribution is -2.28. The first-order valence-electron chi connectivity index (χ1n) is 11.7. The van der Waals surface area contributed by atoms with E-state index in [0.717, 1.165) is 27.7 Å². The van der Waals surface area contributed by atoms with E-state index in [-0.39, 0.29) is 17.7 Å². The lowest BCUT2D eigenvalue weighted by atomic mass is 9.96. The summed E-state index contributed by atoms with van der Waals surface area (Å²) in [4.78, 5) is 22.2. The smallest absolute Gasteiger partial charge is 0.387 e. The minimum absolute atomic E-state index is 0.00333. The Balaban J connectivity index is 1.52. The molecule has 0 fully saturated rings. The highest BCUT2D eigenvalue weighted by Crippen LogP contribution is 2.47. The fraction of sp³-hybridized carbons (Fsp3) is 0.296. The molecule has 0 unspecified atom stereocenters. The first kappa shape index (κ1) is 22.6. The van der Waals surface area contributed by atoms with Crippen molar-refractivity contribution in [1.82, 2.24) is 19.9 Å². The standard InChI is InChI=1S/C27H24F2N4O3/c1-13-9-22(27(2,3)35)30-12-16(13)14-7-8-17-19(10-14)33-20-11-18(24(33)31-17)32-25(34)15-5-4-6-21(23(15)20)36-26(28)29/h4-10,12,18,20,26,35H,11H2,1-3H3,(H,32,34)/t18-,20-/m1/s1. The average Bonchev–Trinajstić information content (AvgIpc) is 3.30. The molecule has 2 N–H and O–H groups in total. The number of alkyl halides is 2. The van der Waals surface area contributed by atoms with Gasteiger partial charge in [-0.05, 0) is 68.7 Å². The number of imidazole rings is 1. The number of halogens is 2. The normalized spacial score (nSPS) is 18.7. The molecule has 9 heteroatoms. The molecular formula is C27H24F2N4O3.